The smallest absolute Gasteiger partial charge is 0.473 e. The van der Waals surface area contributed by atoms with Crippen molar-refractivity contribution in [3.05, 3.63) is 12.2 Å². The van der Waals surface area contributed by atoms with Gasteiger partial charge in [-0.15, -0.1) is 0 Å². The lowest BCUT2D eigenvalue weighted by atomic mass is 9.90. The standard InChI is InChI=1S/C20H44O7Si4/c1-20(2,3)17(15-16-24-19(23)14-13-18(21)22)31(25-28(4,5)6,26-29(7,8)9)27-30(10,11)12/h13-14,17H,15-16H2,1-12H3,(H,21,22)/b14-13+. The summed E-state index contributed by atoms with van der Waals surface area (Å²) in [6.07, 6.45) is 2.22. The van der Waals surface area contributed by atoms with Crippen molar-refractivity contribution in [3.8, 4) is 0 Å². The molecule has 0 aromatic heterocycles. The van der Waals surface area contributed by atoms with Crippen LogP contribution >= 0.6 is 0 Å². The molecule has 0 aliphatic heterocycles. The number of rotatable bonds is 12. The number of hydrogen-bond acceptors (Lipinski definition) is 6. The number of esters is 1. The second-order valence-corrected chi connectivity index (χ2v) is 28.8. The Morgan fingerprint density at radius 1 is 0.806 bits per heavy atom. The van der Waals surface area contributed by atoms with E-state index in [0.29, 0.717) is 6.42 Å². The maximum Gasteiger partial charge on any atom is 0.473 e. The van der Waals surface area contributed by atoms with E-state index >= 15 is 0 Å². The molecule has 0 aromatic carbocycles. The molecule has 182 valence electrons. The van der Waals surface area contributed by atoms with Gasteiger partial charge in [-0.2, -0.15) is 0 Å². The molecule has 0 aliphatic rings. The van der Waals surface area contributed by atoms with E-state index in [1.165, 1.54) is 0 Å². The Hall–Kier alpha value is -0.572. The Balaban J connectivity index is 6.16. The molecule has 0 saturated carbocycles. The molecule has 0 heterocycles. The third-order valence-corrected chi connectivity index (χ3v) is 16.6. The first kappa shape index (κ1) is 30.4. The van der Waals surface area contributed by atoms with E-state index < -0.39 is 45.7 Å². The van der Waals surface area contributed by atoms with Crippen molar-refractivity contribution in [2.45, 2.75) is 91.7 Å². The molecule has 11 heteroatoms. The fourth-order valence-electron chi connectivity index (χ4n) is 3.16. The number of carboxylic acid groups (broad SMARTS) is 1. The molecule has 1 atom stereocenters. The zero-order chi connectivity index (χ0) is 24.9. The summed E-state index contributed by atoms with van der Waals surface area (Å²) < 4.78 is 25.9. The number of carbonyl (C=O) groups excluding carboxylic acids is 1. The average molecular weight is 509 g/mol. The van der Waals surface area contributed by atoms with Crippen LogP contribution in [0.15, 0.2) is 12.2 Å². The molecule has 0 aromatic rings. The van der Waals surface area contributed by atoms with Crippen molar-refractivity contribution in [1.29, 1.82) is 0 Å². The van der Waals surface area contributed by atoms with Crippen LogP contribution in [0.1, 0.15) is 27.2 Å². The summed E-state index contributed by atoms with van der Waals surface area (Å²) in [6.45, 7) is 25.9. The first-order chi connectivity index (χ1) is 13.6. The number of hydrogen-bond donors (Lipinski definition) is 1. The number of ether oxygens (including phenoxy) is 1. The molecule has 1 unspecified atom stereocenters. The van der Waals surface area contributed by atoms with E-state index in [1.807, 2.05) is 0 Å². The number of carbonyl (C=O) groups is 2. The predicted molar refractivity (Wildman–Crippen MR) is 135 cm³/mol. The maximum absolute atomic E-state index is 11.9. The van der Waals surface area contributed by atoms with E-state index in [9.17, 15) is 9.59 Å². The molecule has 0 aliphatic carbocycles. The van der Waals surface area contributed by atoms with Crippen LogP contribution in [-0.4, -0.2) is 57.4 Å². The van der Waals surface area contributed by atoms with Crippen LogP contribution in [0.4, 0.5) is 0 Å². The molecule has 1 N–H and O–H groups in total. The van der Waals surface area contributed by atoms with Gasteiger partial charge in [0.05, 0.1) is 6.61 Å². The Morgan fingerprint density at radius 3 is 1.48 bits per heavy atom. The summed E-state index contributed by atoms with van der Waals surface area (Å²) in [6, 6.07) is 0. The molecule has 7 nitrogen and oxygen atoms in total. The summed E-state index contributed by atoms with van der Waals surface area (Å²) in [5, 5.41) is 8.69. The molecule has 0 fully saturated rings. The summed E-state index contributed by atoms with van der Waals surface area (Å²) in [7, 11) is -9.34. The van der Waals surface area contributed by atoms with Gasteiger partial charge in [0.2, 0.25) is 0 Å². The lowest BCUT2D eigenvalue weighted by Crippen LogP contribution is -2.65. The van der Waals surface area contributed by atoms with Crippen molar-refractivity contribution < 1.29 is 31.8 Å². The van der Waals surface area contributed by atoms with Gasteiger partial charge < -0.3 is 22.2 Å². The highest BCUT2D eigenvalue weighted by Gasteiger charge is 2.58. The van der Waals surface area contributed by atoms with E-state index in [4.69, 9.17) is 22.2 Å². The topological polar surface area (TPSA) is 91.3 Å². The minimum atomic E-state index is -3.19. The lowest BCUT2D eigenvalue weighted by molar-refractivity contribution is -0.139. The van der Waals surface area contributed by atoms with Crippen molar-refractivity contribution in [1.82, 2.24) is 0 Å². The van der Waals surface area contributed by atoms with E-state index in [-0.39, 0.29) is 17.6 Å². The summed E-state index contributed by atoms with van der Waals surface area (Å²) in [4.78, 5) is 22.5. The van der Waals surface area contributed by atoms with Crippen LogP contribution in [0.25, 0.3) is 0 Å². The van der Waals surface area contributed by atoms with Crippen LogP contribution in [0.3, 0.4) is 0 Å². The van der Waals surface area contributed by atoms with E-state index in [0.717, 1.165) is 12.2 Å². The quantitative estimate of drug-likeness (QED) is 0.212. The van der Waals surface area contributed by atoms with Crippen LogP contribution in [-0.2, 0) is 26.7 Å². The van der Waals surface area contributed by atoms with Crippen molar-refractivity contribution in [2.24, 2.45) is 5.41 Å². The highest BCUT2D eigenvalue weighted by atomic mass is 28.5. The lowest BCUT2D eigenvalue weighted by Gasteiger charge is -2.50. The highest BCUT2D eigenvalue weighted by molar-refractivity contribution is 6.90. The first-order valence-electron chi connectivity index (χ1n) is 10.7. The highest BCUT2D eigenvalue weighted by Crippen LogP contribution is 2.46. The van der Waals surface area contributed by atoms with E-state index in [2.05, 4.69) is 79.7 Å². The molecular formula is C20H44O7Si4. The van der Waals surface area contributed by atoms with Crippen molar-refractivity contribution in [3.63, 3.8) is 0 Å². The van der Waals surface area contributed by atoms with Gasteiger partial charge in [0.1, 0.15) is 0 Å². The van der Waals surface area contributed by atoms with Gasteiger partial charge in [0.15, 0.2) is 25.0 Å². The minimum Gasteiger partial charge on any atom is -0.478 e. The zero-order valence-electron chi connectivity index (χ0n) is 21.5. The SMILES string of the molecule is CC(C)(C)C(CCOC(=O)/C=C/C(=O)O)[Si](O[Si](C)(C)C)(O[Si](C)(C)C)O[Si](C)(C)C. The maximum atomic E-state index is 11.9. The second kappa shape index (κ2) is 11.0. The third kappa shape index (κ3) is 13.5. The molecule has 0 amide bonds. The molecule has 0 rings (SSSR count). The Kier molecular flexibility index (Phi) is 10.8. The summed E-state index contributed by atoms with van der Waals surface area (Å²) in [5.41, 5.74) is -0.296. The fraction of sp³-hybridized carbons (Fsp3) is 0.800. The van der Waals surface area contributed by atoms with Gasteiger partial charge in [-0.25, -0.2) is 9.59 Å². The second-order valence-electron chi connectivity index (χ2n) is 11.8. The predicted octanol–water partition coefficient (Wildman–Crippen LogP) is 5.47. The van der Waals surface area contributed by atoms with Gasteiger partial charge >= 0.3 is 20.7 Å². The molecule has 0 saturated heterocycles. The molecule has 31 heavy (non-hydrogen) atoms. The zero-order valence-corrected chi connectivity index (χ0v) is 25.5. The van der Waals surface area contributed by atoms with Crippen LogP contribution < -0.4 is 0 Å². The Morgan fingerprint density at radius 2 is 1.19 bits per heavy atom. The minimum absolute atomic E-state index is 0.0820. The Bertz CT molecular complexity index is 597. The third-order valence-electron chi connectivity index (χ3n) is 3.83. The van der Waals surface area contributed by atoms with Gasteiger partial charge in [-0.05, 0) is 70.8 Å². The van der Waals surface area contributed by atoms with Gasteiger partial charge in [0, 0.05) is 17.7 Å². The van der Waals surface area contributed by atoms with Crippen molar-refractivity contribution >= 4 is 45.7 Å². The van der Waals surface area contributed by atoms with Crippen molar-refractivity contribution in [2.75, 3.05) is 6.61 Å². The first-order valence-corrected chi connectivity index (χ1v) is 22.8. The molecule has 0 spiro atoms. The van der Waals surface area contributed by atoms with Gasteiger partial charge in [0.25, 0.3) is 0 Å². The fourth-order valence-corrected chi connectivity index (χ4v) is 18.3. The van der Waals surface area contributed by atoms with Crippen LogP contribution in [0.2, 0.25) is 64.5 Å². The largest absolute Gasteiger partial charge is 0.478 e. The average Bonchev–Trinajstić information content (AvgIpc) is 2.42. The number of aliphatic carboxylic acids is 1. The van der Waals surface area contributed by atoms with Crippen LogP contribution in [0.5, 0.6) is 0 Å². The van der Waals surface area contributed by atoms with Gasteiger partial charge in [-0.3, -0.25) is 0 Å². The monoisotopic (exact) mass is 508 g/mol. The molecular weight excluding hydrogens is 465 g/mol. The van der Waals surface area contributed by atoms with Gasteiger partial charge in [-0.1, -0.05) is 20.8 Å². The van der Waals surface area contributed by atoms with E-state index in [1.54, 1.807) is 0 Å². The number of carboxylic acids is 1. The summed E-state index contributed by atoms with van der Waals surface area (Å²) >= 11 is 0. The summed E-state index contributed by atoms with van der Waals surface area (Å²) in [5.74, 6) is -1.86. The normalized spacial score (nSPS) is 15.2. The Labute approximate surface area is 193 Å². The van der Waals surface area contributed by atoms with Crippen LogP contribution in [0, 0.1) is 5.41 Å². The molecule has 0 bridgehead atoms. The molecule has 0 radical (unpaired) electrons.